The van der Waals surface area contributed by atoms with Crippen LogP contribution in [0, 0.1) is 18.7 Å². The highest BCUT2D eigenvalue weighted by atomic mass is 32.1. The first-order valence-corrected chi connectivity index (χ1v) is 14.0. The molecule has 0 radical (unpaired) electrons. The van der Waals surface area contributed by atoms with Crippen molar-refractivity contribution in [3.63, 3.8) is 0 Å². The second-order valence-corrected chi connectivity index (χ2v) is 10.9. The van der Waals surface area contributed by atoms with E-state index in [1.165, 1.54) is 29.9 Å². The van der Waals surface area contributed by atoms with Crippen molar-refractivity contribution in [2.45, 2.75) is 52.1 Å². The number of rotatable bonds is 7. The average Bonchev–Trinajstić information content (AvgIpc) is 3.43. The molecule has 1 amide bonds. The fourth-order valence-electron chi connectivity index (χ4n) is 5.05. The summed E-state index contributed by atoms with van der Waals surface area (Å²) in [5, 5.41) is 11.9. The van der Waals surface area contributed by atoms with Gasteiger partial charge >= 0.3 is 5.97 Å². The van der Waals surface area contributed by atoms with Crippen molar-refractivity contribution in [3.8, 4) is 17.0 Å². The van der Waals surface area contributed by atoms with Crippen molar-refractivity contribution in [2.24, 2.45) is 5.92 Å². The van der Waals surface area contributed by atoms with E-state index in [-0.39, 0.29) is 24.2 Å². The first-order chi connectivity index (χ1) is 18.4. The third-order valence-electron chi connectivity index (χ3n) is 7.37. The van der Waals surface area contributed by atoms with Gasteiger partial charge in [0.15, 0.2) is 0 Å². The molecule has 198 valence electrons. The SMILES string of the molecule is Cc1cc(C(=O)N2CCCCC2)ccc1COc1ccc(F)cc1-c1csc(C2=CCC(C(=O)O)CC2)n1. The number of benzene rings is 2. The molecule has 5 rings (SSSR count). The smallest absolute Gasteiger partial charge is 0.306 e. The quantitative estimate of drug-likeness (QED) is 0.364. The van der Waals surface area contributed by atoms with Crippen LogP contribution >= 0.6 is 11.3 Å². The van der Waals surface area contributed by atoms with Crippen molar-refractivity contribution in [2.75, 3.05) is 13.1 Å². The van der Waals surface area contributed by atoms with Crippen LogP contribution in [-0.2, 0) is 11.4 Å². The summed E-state index contributed by atoms with van der Waals surface area (Å²) < 4.78 is 20.4. The number of carboxylic acid groups (broad SMARTS) is 1. The molecule has 1 fully saturated rings. The first-order valence-electron chi connectivity index (χ1n) is 13.1. The summed E-state index contributed by atoms with van der Waals surface area (Å²) in [7, 11) is 0. The minimum Gasteiger partial charge on any atom is -0.488 e. The number of aryl methyl sites for hydroxylation is 1. The molecule has 1 aliphatic carbocycles. The largest absolute Gasteiger partial charge is 0.488 e. The molecular formula is C30H31FN2O4S. The molecule has 0 bridgehead atoms. The van der Waals surface area contributed by atoms with Gasteiger partial charge in [0.1, 0.15) is 23.2 Å². The van der Waals surface area contributed by atoms with Gasteiger partial charge in [-0.1, -0.05) is 12.1 Å². The summed E-state index contributed by atoms with van der Waals surface area (Å²) in [6.45, 7) is 3.88. The highest BCUT2D eigenvalue weighted by molar-refractivity contribution is 7.11. The number of ether oxygens (including phenoxy) is 1. The number of amides is 1. The number of likely N-dealkylation sites (tertiary alicyclic amines) is 1. The number of allylic oxidation sites excluding steroid dienone is 2. The molecule has 0 saturated carbocycles. The molecule has 1 aromatic heterocycles. The fourth-order valence-corrected chi connectivity index (χ4v) is 5.94. The first kappa shape index (κ1) is 26.1. The standard InChI is InChI=1S/C30H31FN2O4S/c1-19-15-22(29(34)33-13-3-2-4-14-33)9-10-23(19)17-37-27-12-11-24(31)16-25(27)26-18-38-28(32-26)20-5-7-21(8-6-20)30(35)36/h5,9-12,15-16,18,21H,2-4,6-8,13-14,17H2,1H3,(H,35,36). The summed E-state index contributed by atoms with van der Waals surface area (Å²) in [5.74, 6) is -0.881. The maximum absolute atomic E-state index is 14.2. The van der Waals surface area contributed by atoms with E-state index in [1.54, 1.807) is 6.07 Å². The Morgan fingerprint density at radius 2 is 1.97 bits per heavy atom. The Bertz CT molecular complexity index is 1380. The van der Waals surface area contributed by atoms with Gasteiger partial charge in [0.05, 0.1) is 11.6 Å². The summed E-state index contributed by atoms with van der Waals surface area (Å²) in [6.07, 6.45) is 6.99. The molecule has 1 unspecified atom stereocenters. The Hall–Kier alpha value is -3.52. The molecule has 1 saturated heterocycles. The maximum Gasteiger partial charge on any atom is 0.306 e. The van der Waals surface area contributed by atoms with Crippen LogP contribution in [-0.4, -0.2) is 40.0 Å². The molecule has 2 aliphatic rings. The summed E-state index contributed by atoms with van der Waals surface area (Å²) in [6, 6.07) is 10.1. The number of halogens is 1. The van der Waals surface area contributed by atoms with E-state index in [0.717, 1.165) is 47.6 Å². The van der Waals surface area contributed by atoms with E-state index in [4.69, 9.17) is 9.72 Å². The molecule has 38 heavy (non-hydrogen) atoms. The average molecular weight is 535 g/mol. The number of carboxylic acids is 1. The number of aliphatic carboxylic acids is 1. The molecule has 2 heterocycles. The minimum absolute atomic E-state index is 0.0759. The molecule has 3 aromatic rings. The molecule has 1 aliphatic heterocycles. The van der Waals surface area contributed by atoms with Gasteiger partial charge in [0, 0.05) is 29.6 Å². The number of carbonyl (C=O) groups excluding carboxylic acids is 1. The molecular weight excluding hydrogens is 503 g/mol. The highest BCUT2D eigenvalue weighted by Gasteiger charge is 2.23. The number of aromatic nitrogens is 1. The summed E-state index contributed by atoms with van der Waals surface area (Å²) in [4.78, 5) is 30.8. The predicted molar refractivity (Wildman–Crippen MR) is 146 cm³/mol. The summed E-state index contributed by atoms with van der Waals surface area (Å²) >= 11 is 1.47. The van der Waals surface area contributed by atoms with Crippen LogP contribution in [0.25, 0.3) is 16.8 Å². The van der Waals surface area contributed by atoms with E-state index in [1.807, 2.05) is 41.5 Å². The van der Waals surface area contributed by atoms with Gasteiger partial charge in [-0.2, -0.15) is 0 Å². The zero-order chi connectivity index (χ0) is 26.6. The van der Waals surface area contributed by atoms with Crippen molar-refractivity contribution >= 4 is 28.8 Å². The van der Waals surface area contributed by atoms with Crippen LogP contribution in [0.2, 0.25) is 0 Å². The lowest BCUT2D eigenvalue weighted by atomic mass is 9.90. The fraction of sp³-hybridized carbons (Fsp3) is 0.367. The number of piperidine rings is 1. The molecule has 1 N–H and O–H groups in total. The van der Waals surface area contributed by atoms with Gasteiger partial charge in [-0.15, -0.1) is 11.3 Å². The number of nitrogens with zero attached hydrogens (tertiary/aromatic N) is 2. The third-order valence-corrected chi connectivity index (χ3v) is 8.29. The van der Waals surface area contributed by atoms with Gasteiger partial charge < -0.3 is 14.7 Å². The highest BCUT2D eigenvalue weighted by Crippen LogP contribution is 2.37. The zero-order valence-electron chi connectivity index (χ0n) is 21.4. The number of carbonyl (C=O) groups is 2. The van der Waals surface area contributed by atoms with Crippen molar-refractivity contribution in [1.29, 1.82) is 0 Å². The monoisotopic (exact) mass is 534 g/mol. The maximum atomic E-state index is 14.2. The number of thiazole rings is 1. The lowest BCUT2D eigenvalue weighted by Crippen LogP contribution is -2.35. The Kier molecular flexibility index (Phi) is 7.88. The summed E-state index contributed by atoms with van der Waals surface area (Å²) in [5.41, 5.74) is 4.85. The lowest BCUT2D eigenvalue weighted by molar-refractivity contribution is -0.141. The van der Waals surface area contributed by atoms with E-state index in [2.05, 4.69) is 0 Å². The van der Waals surface area contributed by atoms with Crippen molar-refractivity contribution in [3.05, 3.63) is 75.4 Å². The molecule has 2 aromatic carbocycles. The van der Waals surface area contributed by atoms with Gasteiger partial charge in [-0.3, -0.25) is 9.59 Å². The molecule has 1 atom stereocenters. The van der Waals surface area contributed by atoms with Gasteiger partial charge in [-0.05, 0) is 92.5 Å². The van der Waals surface area contributed by atoms with Crippen LogP contribution in [0.1, 0.15) is 65.0 Å². The molecule has 6 nitrogen and oxygen atoms in total. The van der Waals surface area contributed by atoms with Crippen LogP contribution < -0.4 is 4.74 Å². The number of hydrogen-bond donors (Lipinski definition) is 1. The van der Waals surface area contributed by atoms with E-state index >= 15 is 0 Å². The van der Waals surface area contributed by atoms with Gasteiger partial charge in [-0.25, -0.2) is 9.37 Å². The molecule has 8 heteroatoms. The van der Waals surface area contributed by atoms with Crippen LogP contribution in [0.5, 0.6) is 5.75 Å². The second-order valence-electron chi connectivity index (χ2n) is 10.0. The zero-order valence-corrected chi connectivity index (χ0v) is 22.2. The van der Waals surface area contributed by atoms with Crippen LogP contribution in [0.3, 0.4) is 0 Å². The van der Waals surface area contributed by atoms with Crippen molar-refractivity contribution in [1.82, 2.24) is 9.88 Å². The predicted octanol–water partition coefficient (Wildman–Crippen LogP) is 6.73. The third kappa shape index (κ3) is 5.80. The Morgan fingerprint density at radius 1 is 1.16 bits per heavy atom. The Balaban J connectivity index is 1.30. The van der Waals surface area contributed by atoms with Crippen LogP contribution in [0.4, 0.5) is 4.39 Å². The van der Waals surface area contributed by atoms with Gasteiger partial charge in [0.2, 0.25) is 0 Å². The Morgan fingerprint density at radius 3 is 2.68 bits per heavy atom. The van der Waals surface area contributed by atoms with E-state index in [9.17, 15) is 19.1 Å². The van der Waals surface area contributed by atoms with E-state index in [0.29, 0.717) is 41.8 Å². The minimum atomic E-state index is -0.764. The van der Waals surface area contributed by atoms with E-state index < -0.39 is 5.97 Å². The van der Waals surface area contributed by atoms with Gasteiger partial charge in [0.25, 0.3) is 5.91 Å². The molecule has 0 spiro atoms. The van der Waals surface area contributed by atoms with Crippen molar-refractivity contribution < 1.29 is 23.8 Å². The Labute approximate surface area is 225 Å². The second kappa shape index (κ2) is 11.5. The topological polar surface area (TPSA) is 79.7 Å². The lowest BCUT2D eigenvalue weighted by Gasteiger charge is -2.27. The normalized spacial score (nSPS) is 17.7. The van der Waals surface area contributed by atoms with Crippen LogP contribution in [0.15, 0.2) is 47.9 Å². The number of hydrogen-bond acceptors (Lipinski definition) is 5.